The minimum atomic E-state index is 0.0257. The zero-order valence-corrected chi connectivity index (χ0v) is 20.1. The van der Waals surface area contributed by atoms with Crippen LogP contribution in [-0.4, -0.2) is 48.4 Å². The summed E-state index contributed by atoms with van der Waals surface area (Å²) >= 11 is 0. The van der Waals surface area contributed by atoms with E-state index in [-0.39, 0.29) is 24.0 Å². The number of piperidine rings is 1. The molecular weight excluding hydrogens is 428 g/mol. The zero-order valence-electron chi connectivity index (χ0n) is 20.1. The van der Waals surface area contributed by atoms with Crippen molar-refractivity contribution in [3.63, 3.8) is 0 Å². The molecule has 2 unspecified atom stereocenters. The number of rotatable bonds is 4. The van der Waals surface area contributed by atoms with Gasteiger partial charge in [0.05, 0.1) is 42.3 Å². The van der Waals surface area contributed by atoms with Gasteiger partial charge in [-0.05, 0) is 63.8 Å². The molecule has 0 radical (unpaired) electrons. The van der Waals surface area contributed by atoms with E-state index in [1.54, 1.807) is 6.20 Å². The Kier molecular flexibility index (Phi) is 5.70. The first kappa shape index (κ1) is 21.9. The third-order valence-electron chi connectivity index (χ3n) is 7.62. The standard InChI is InChI=1S/C27H34N4O3/c1-17(2)33-21-8-5-18(6-9-21)27(32)31-14-19-4-3-11-28-26(19)29-24-10-7-20(12-25(24)31)30-15-22-13-23(16-30)34-22/h3-4,7,10-12,17-18,21-23H,5-6,8-9,13-16H2,1-2H3,(H,28,29). The molecule has 180 valence electrons. The lowest BCUT2D eigenvalue weighted by Crippen LogP contribution is -2.57. The molecule has 1 N–H and O–H groups in total. The first-order chi connectivity index (χ1) is 16.5. The number of nitrogens with one attached hydrogen (secondary N) is 1. The molecule has 2 atom stereocenters. The number of fused-ring (bicyclic) bond motifs is 4. The third kappa shape index (κ3) is 4.16. The second-order valence-electron chi connectivity index (χ2n) is 10.4. The number of nitrogens with zero attached hydrogens (tertiary/aromatic N) is 3. The Morgan fingerprint density at radius 3 is 2.65 bits per heavy atom. The van der Waals surface area contributed by atoms with Gasteiger partial charge < -0.3 is 24.6 Å². The number of hydrogen-bond acceptors (Lipinski definition) is 6. The van der Waals surface area contributed by atoms with Crippen molar-refractivity contribution in [1.29, 1.82) is 0 Å². The van der Waals surface area contributed by atoms with Crippen LogP contribution in [0.25, 0.3) is 0 Å². The lowest BCUT2D eigenvalue weighted by Gasteiger charge is -2.48. The summed E-state index contributed by atoms with van der Waals surface area (Å²) in [5.41, 5.74) is 4.08. The molecular formula is C27H34N4O3. The minimum absolute atomic E-state index is 0.0257. The van der Waals surface area contributed by atoms with E-state index in [1.807, 2.05) is 11.0 Å². The van der Waals surface area contributed by atoms with Crippen LogP contribution < -0.4 is 15.1 Å². The van der Waals surface area contributed by atoms with Crippen LogP contribution in [0.5, 0.6) is 0 Å². The molecule has 2 bridgehead atoms. The molecule has 1 aromatic carbocycles. The van der Waals surface area contributed by atoms with Crippen molar-refractivity contribution in [2.24, 2.45) is 5.92 Å². The summed E-state index contributed by atoms with van der Waals surface area (Å²) < 4.78 is 11.9. The van der Waals surface area contributed by atoms with Gasteiger partial charge in [-0.1, -0.05) is 6.07 Å². The van der Waals surface area contributed by atoms with Crippen LogP contribution >= 0.6 is 0 Å². The van der Waals surface area contributed by atoms with E-state index in [4.69, 9.17) is 9.47 Å². The number of benzene rings is 1. The summed E-state index contributed by atoms with van der Waals surface area (Å²) in [5, 5.41) is 3.50. The van der Waals surface area contributed by atoms with Crippen LogP contribution in [0.3, 0.4) is 0 Å². The molecule has 1 aliphatic carbocycles. The minimum Gasteiger partial charge on any atom is -0.376 e. The predicted octanol–water partition coefficient (Wildman–Crippen LogP) is 4.63. The smallest absolute Gasteiger partial charge is 0.230 e. The second-order valence-corrected chi connectivity index (χ2v) is 10.4. The SMILES string of the molecule is CC(C)OC1CCC(C(=O)N2Cc3cccnc3Nc3ccc(N4CC5CC(C4)O5)cc32)CC1. The van der Waals surface area contributed by atoms with E-state index in [9.17, 15) is 4.79 Å². The number of carbonyl (C=O) groups is 1. The van der Waals surface area contributed by atoms with Gasteiger partial charge in [-0.15, -0.1) is 0 Å². The Bertz CT molecular complexity index is 1050. The van der Waals surface area contributed by atoms with Crippen LogP contribution in [0.15, 0.2) is 36.5 Å². The van der Waals surface area contributed by atoms with Gasteiger partial charge >= 0.3 is 0 Å². The van der Waals surface area contributed by atoms with Crippen molar-refractivity contribution in [2.45, 2.75) is 76.9 Å². The number of hydrogen-bond donors (Lipinski definition) is 1. The lowest BCUT2D eigenvalue weighted by molar-refractivity contribution is -0.133. The van der Waals surface area contributed by atoms with Crippen molar-refractivity contribution in [2.75, 3.05) is 28.2 Å². The average Bonchev–Trinajstić information content (AvgIpc) is 2.99. The molecule has 2 aromatic rings. The molecule has 7 nitrogen and oxygen atoms in total. The Hall–Kier alpha value is -2.64. The normalized spacial score (nSPS) is 27.9. The number of morpholine rings is 1. The molecule has 3 saturated heterocycles. The highest BCUT2D eigenvalue weighted by Gasteiger charge is 2.39. The van der Waals surface area contributed by atoms with Gasteiger partial charge in [0.25, 0.3) is 0 Å². The fourth-order valence-electron chi connectivity index (χ4n) is 5.92. The molecule has 7 rings (SSSR count). The molecule has 1 saturated carbocycles. The number of aromatic nitrogens is 1. The molecule has 7 heteroatoms. The molecule has 1 amide bonds. The van der Waals surface area contributed by atoms with E-state index in [0.29, 0.717) is 18.8 Å². The second kappa shape index (κ2) is 8.86. The highest BCUT2D eigenvalue weighted by molar-refractivity contribution is 6.00. The molecule has 1 aromatic heterocycles. The summed E-state index contributed by atoms with van der Waals surface area (Å²) in [6.45, 7) is 6.53. The summed E-state index contributed by atoms with van der Waals surface area (Å²) in [5.74, 6) is 1.07. The number of anilines is 4. The molecule has 5 aliphatic rings. The maximum Gasteiger partial charge on any atom is 0.230 e. The van der Waals surface area contributed by atoms with Crippen molar-refractivity contribution in [1.82, 2.24) is 4.98 Å². The highest BCUT2D eigenvalue weighted by atomic mass is 16.5. The van der Waals surface area contributed by atoms with E-state index in [0.717, 1.165) is 73.6 Å². The van der Waals surface area contributed by atoms with Crippen LogP contribution in [-0.2, 0) is 20.8 Å². The van der Waals surface area contributed by atoms with E-state index >= 15 is 0 Å². The van der Waals surface area contributed by atoms with Crippen LogP contribution in [0, 0.1) is 5.92 Å². The zero-order chi connectivity index (χ0) is 23.2. The fraction of sp³-hybridized carbons (Fsp3) is 0.556. The van der Waals surface area contributed by atoms with Crippen LogP contribution in [0.2, 0.25) is 0 Å². The Morgan fingerprint density at radius 1 is 1.15 bits per heavy atom. The maximum atomic E-state index is 14.0. The predicted molar refractivity (Wildman–Crippen MR) is 133 cm³/mol. The van der Waals surface area contributed by atoms with Gasteiger partial charge in [0.2, 0.25) is 5.91 Å². The molecule has 4 fully saturated rings. The summed E-state index contributed by atoms with van der Waals surface area (Å²) in [7, 11) is 0. The van der Waals surface area contributed by atoms with Crippen LogP contribution in [0.1, 0.15) is 51.5 Å². The summed E-state index contributed by atoms with van der Waals surface area (Å²) in [6, 6.07) is 10.4. The van der Waals surface area contributed by atoms with Crippen molar-refractivity contribution in [3.05, 3.63) is 42.1 Å². The quantitative estimate of drug-likeness (QED) is 0.715. The fourth-order valence-corrected chi connectivity index (χ4v) is 5.92. The first-order valence-corrected chi connectivity index (χ1v) is 12.8. The Labute approximate surface area is 201 Å². The lowest BCUT2D eigenvalue weighted by atomic mass is 9.86. The molecule has 34 heavy (non-hydrogen) atoms. The molecule has 0 spiro atoms. The van der Waals surface area contributed by atoms with Gasteiger partial charge in [-0.2, -0.15) is 0 Å². The summed E-state index contributed by atoms with van der Waals surface area (Å²) in [4.78, 5) is 22.9. The van der Waals surface area contributed by atoms with E-state index in [1.165, 1.54) is 0 Å². The first-order valence-electron chi connectivity index (χ1n) is 12.8. The van der Waals surface area contributed by atoms with Gasteiger partial charge in [0.1, 0.15) is 5.82 Å². The topological polar surface area (TPSA) is 66.9 Å². The molecule has 4 aliphatic heterocycles. The average molecular weight is 463 g/mol. The van der Waals surface area contributed by atoms with Crippen LogP contribution in [0.4, 0.5) is 22.9 Å². The van der Waals surface area contributed by atoms with E-state index in [2.05, 4.69) is 53.3 Å². The van der Waals surface area contributed by atoms with Gasteiger partial charge in [0, 0.05) is 42.9 Å². The summed E-state index contributed by atoms with van der Waals surface area (Å²) in [6.07, 6.45) is 7.79. The van der Waals surface area contributed by atoms with Gasteiger partial charge in [-0.25, -0.2) is 4.98 Å². The number of carbonyl (C=O) groups excluding carboxylic acids is 1. The van der Waals surface area contributed by atoms with Gasteiger partial charge in [-0.3, -0.25) is 4.79 Å². The maximum absolute atomic E-state index is 14.0. The Balaban J connectivity index is 1.29. The van der Waals surface area contributed by atoms with E-state index < -0.39 is 0 Å². The van der Waals surface area contributed by atoms with Crippen molar-refractivity contribution < 1.29 is 14.3 Å². The number of ether oxygens (including phenoxy) is 2. The Morgan fingerprint density at radius 2 is 1.91 bits per heavy atom. The monoisotopic (exact) mass is 462 g/mol. The molecule has 5 heterocycles. The van der Waals surface area contributed by atoms with Gasteiger partial charge in [0.15, 0.2) is 0 Å². The van der Waals surface area contributed by atoms with Crippen molar-refractivity contribution >= 4 is 28.8 Å². The number of pyridine rings is 1. The highest BCUT2D eigenvalue weighted by Crippen LogP contribution is 2.41. The number of amides is 1. The van der Waals surface area contributed by atoms with Crippen molar-refractivity contribution in [3.8, 4) is 0 Å². The third-order valence-corrected chi connectivity index (χ3v) is 7.62. The largest absolute Gasteiger partial charge is 0.376 e.